The van der Waals surface area contributed by atoms with Crippen LogP contribution < -0.4 is 5.73 Å². The van der Waals surface area contributed by atoms with Gasteiger partial charge in [0.1, 0.15) is 0 Å². The first-order valence-electron chi connectivity index (χ1n) is 11.4. The Bertz CT molecular complexity index is 1380. The van der Waals surface area contributed by atoms with Crippen LogP contribution in [0.25, 0.3) is 17.0 Å². The van der Waals surface area contributed by atoms with Gasteiger partial charge in [-0.1, -0.05) is 23.7 Å². The molecule has 0 bridgehead atoms. The van der Waals surface area contributed by atoms with E-state index >= 15 is 0 Å². The standard InChI is InChI=1S/C25H22ClF3N4O2S/c26-17-3-2-15(20(11-17)25(27,28)29)13-32-21-8-1-14(9-16(21)12-31-32)10-22-23(34)33(24(35)36-22)19-6-4-18(30)5-7-19/h1-3,8-12,18-19H,4-7,13,30H2/t18-,19-. The number of aromatic nitrogens is 2. The Labute approximate surface area is 214 Å². The Hall–Kier alpha value is -2.82. The van der Waals surface area contributed by atoms with Crippen LogP contribution >= 0.6 is 23.4 Å². The number of alkyl halides is 3. The molecule has 1 aliphatic heterocycles. The van der Waals surface area contributed by atoms with Crippen LogP contribution in [0.4, 0.5) is 18.0 Å². The molecule has 2 heterocycles. The van der Waals surface area contributed by atoms with E-state index in [4.69, 9.17) is 17.3 Å². The lowest BCUT2D eigenvalue weighted by Gasteiger charge is -2.31. The number of benzene rings is 2. The fourth-order valence-corrected chi connectivity index (χ4v) is 5.81. The second-order valence-electron chi connectivity index (χ2n) is 9.04. The van der Waals surface area contributed by atoms with E-state index in [0.29, 0.717) is 34.2 Å². The first-order valence-corrected chi connectivity index (χ1v) is 12.6. The van der Waals surface area contributed by atoms with Gasteiger partial charge in [-0.25, -0.2) is 0 Å². The summed E-state index contributed by atoms with van der Waals surface area (Å²) in [6, 6.07) is 8.95. The number of nitrogens with zero attached hydrogens (tertiary/aromatic N) is 3. The summed E-state index contributed by atoms with van der Waals surface area (Å²) in [5.41, 5.74) is 6.54. The largest absolute Gasteiger partial charge is 0.416 e. The van der Waals surface area contributed by atoms with Crippen molar-refractivity contribution in [1.29, 1.82) is 0 Å². The maximum Gasteiger partial charge on any atom is 0.416 e. The van der Waals surface area contributed by atoms with E-state index < -0.39 is 11.7 Å². The average molecular weight is 535 g/mol. The summed E-state index contributed by atoms with van der Waals surface area (Å²) in [5.74, 6) is -0.302. The van der Waals surface area contributed by atoms with Gasteiger partial charge in [-0.3, -0.25) is 19.2 Å². The molecular weight excluding hydrogens is 513 g/mol. The van der Waals surface area contributed by atoms with E-state index in [1.165, 1.54) is 21.7 Å². The number of imide groups is 1. The molecule has 1 aromatic heterocycles. The number of amides is 2. The van der Waals surface area contributed by atoms with Gasteiger partial charge in [0, 0.05) is 22.5 Å². The highest BCUT2D eigenvalue weighted by Gasteiger charge is 2.40. The molecule has 1 saturated heterocycles. The summed E-state index contributed by atoms with van der Waals surface area (Å²) < 4.78 is 41.9. The lowest BCUT2D eigenvalue weighted by molar-refractivity contribution is -0.138. The molecule has 11 heteroatoms. The minimum Gasteiger partial charge on any atom is -0.328 e. The molecule has 5 rings (SSSR count). The summed E-state index contributed by atoms with van der Waals surface area (Å²) in [7, 11) is 0. The number of hydrogen-bond acceptors (Lipinski definition) is 5. The van der Waals surface area contributed by atoms with Crippen LogP contribution in [0.3, 0.4) is 0 Å². The van der Waals surface area contributed by atoms with Crippen LogP contribution in [0.5, 0.6) is 0 Å². The van der Waals surface area contributed by atoms with Crippen molar-refractivity contribution in [3.8, 4) is 0 Å². The number of hydrogen-bond donors (Lipinski definition) is 1. The number of fused-ring (bicyclic) bond motifs is 1. The Kier molecular flexibility index (Phi) is 6.61. The normalized spacial score (nSPS) is 22.2. The van der Waals surface area contributed by atoms with Gasteiger partial charge in [-0.2, -0.15) is 18.3 Å². The molecule has 3 aromatic rings. The number of thioether (sulfide) groups is 1. The molecule has 0 unspecified atom stereocenters. The summed E-state index contributed by atoms with van der Waals surface area (Å²) in [5, 5.41) is 4.70. The Balaban J connectivity index is 1.38. The molecule has 2 aromatic carbocycles. The molecule has 6 nitrogen and oxygen atoms in total. The third kappa shape index (κ3) is 4.89. The topological polar surface area (TPSA) is 81.2 Å². The third-order valence-electron chi connectivity index (χ3n) is 6.59. The van der Waals surface area contributed by atoms with E-state index in [1.807, 2.05) is 0 Å². The van der Waals surface area contributed by atoms with E-state index in [1.54, 1.807) is 30.5 Å². The van der Waals surface area contributed by atoms with Gasteiger partial charge in [-0.05, 0) is 78.9 Å². The maximum atomic E-state index is 13.5. The van der Waals surface area contributed by atoms with Crippen molar-refractivity contribution in [3.05, 3.63) is 69.2 Å². The Morgan fingerprint density at radius 2 is 1.86 bits per heavy atom. The van der Waals surface area contributed by atoms with Crippen molar-refractivity contribution in [1.82, 2.24) is 14.7 Å². The zero-order valence-electron chi connectivity index (χ0n) is 19.0. The number of nitrogens with two attached hydrogens (primary N) is 1. The van der Waals surface area contributed by atoms with Gasteiger partial charge in [0.25, 0.3) is 11.1 Å². The van der Waals surface area contributed by atoms with Crippen molar-refractivity contribution >= 4 is 51.5 Å². The fourth-order valence-electron chi connectivity index (χ4n) is 4.74. The van der Waals surface area contributed by atoms with Crippen LogP contribution in [0, 0.1) is 0 Å². The SMILES string of the molecule is N[C@H]1CC[C@H](N2C(=O)SC(=Cc3ccc4c(cnn4Cc4ccc(Cl)cc4C(F)(F)F)c3)C2=O)CC1. The van der Waals surface area contributed by atoms with Crippen molar-refractivity contribution < 1.29 is 22.8 Å². The number of carbonyl (C=O) groups excluding carboxylic acids is 2. The maximum absolute atomic E-state index is 13.5. The number of halogens is 4. The second-order valence-corrected chi connectivity index (χ2v) is 10.5. The Morgan fingerprint density at radius 3 is 2.58 bits per heavy atom. The minimum atomic E-state index is -4.54. The molecule has 2 fully saturated rings. The summed E-state index contributed by atoms with van der Waals surface area (Å²) in [6.45, 7) is -0.0845. The second kappa shape index (κ2) is 9.57. The summed E-state index contributed by atoms with van der Waals surface area (Å²) >= 11 is 6.70. The van der Waals surface area contributed by atoms with Gasteiger partial charge in [0.05, 0.1) is 28.7 Å². The first kappa shape index (κ1) is 24.9. The molecule has 1 saturated carbocycles. The third-order valence-corrected chi connectivity index (χ3v) is 7.71. The first-order chi connectivity index (χ1) is 17.1. The Morgan fingerprint density at radius 1 is 1.11 bits per heavy atom. The van der Waals surface area contributed by atoms with Crippen LogP contribution in [-0.2, 0) is 17.5 Å². The molecule has 1 aliphatic carbocycles. The van der Waals surface area contributed by atoms with Crippen LogP contribution in [0.2, 0.25) is 5.02 Å². The molecule has 188 valence electrons. The molecule has 36 heavy (non-hydrogen) atoms. The van der Waals surface area contributed by atoms with Crippen LogP contribution in [0.1, 0.15) is 42.4 Å². The summed E-state index contributed by atoms with van der Waals surface area (Å²) in [6.07, 6.45) is 1.68. The zero-order chi connectivity index (χ0) is 25.6. The highest BCUT2D eigenvalue weighted by molar-refractivity contribution is 8.18. The monoisotopic (exact) mass is 534 g/mol. The van der Waals surface area contributed by atoms with Gasteiger partial charge < -0.3 is 5.73 Å². The van der Waals surface area contributed by atoms with E-state index in [-0.39, 0.29) is 40.4 Å². The molecule has 2 amide bonds. The highest BCUT2D eigenvalue weighted by Crippen LogP contribution is 2.37. The van der Waals surface area contributed by atoms with Crippen molar-refractivity contribution in [3.63, 3.8) is 0 Å². The minimum absolute atomic E-state index is 0.0116. The van der Waals surface area contributed by atoms with E-state index in [2.05, 4.69) is 5.10 Å². The average Bonchev–Trinajstić information content (AvgIpc) is 3.34. The van der Waals surface area contributed by atoms with Crippen molar-refractivity contribution in [2.75, 3.05) is 0 Å². The number of carbonyl (C=O) groups is 2. The lowest BCUT2D eigenvalue weighted by Crippen LogP contribution is -2.43. The fraction of sp³-hybridized carbons (Fsp3) is 0.320. The molecule has 0 radical (unpaired) electrons. The summed E-state index contributed by atoms with van der Waals surface area (Å²) in [4.78, 5) is 27.2. The number of rotatable bonds is 4. The van der Waals surface area contributed by atoms with Crippen molar-refractivity contribution in [2.45, 2.75) is 50.5 Å². The highest BCUT2D eigenvalue weighted by atomic mass is 35.5. The predicted octanol–water partition coefficient (Wildman–Crippen LogP) is 6.06. The van der Waals surface area contributed by atoms with Crippen LogP contribution in [0.15, 0.2) is 47.5 Å². The van der Waals surface area contributed by atoms with E-state index in [9.17, 15) is 22.8 Å². The lowest BCUT2D eigenvalue weighted by atomic mass is 9.91. The molecular formula is C25H22ClF3N4O2S. The van der Waals surface area contributed by atoms with Gasteiger partial charge >= 0.3 is 6.18 Å². The molecule has 0 atom stereocenters. The molecule has 2 aliphatic rings. The smallest absolute Gasteiger partial charge is 0.328 e. The molecule has 0 spiro atoms. The van der Waals surface area contributed by atoms with Gasteiger partial charge in [0.15, 0.2) is 0 Å². The quantitative estimate of drug-likeness (QED) is 0.411. The van der Waals surface area contributed by atoms with Crippen LogP contribution in [-0.4, -0.2) is 37.9 Å². The van der Waals surface area contributed by atoms with Gasteiger partial charge in [0.2, 0.25) is 0 Å². The van der Waals surface area contributed by atoms with Crippen molar-refractivity contribution in [2.24, 2.45) is 5.73 Å². The predicted molar refractivity (Wildman–Crippen MR) is 133 cm³/mol. The van der Waals surface area contributed by atoms with E-state index in [0.717, 1.165) is 30.7 Å². The molecule has 2 N–H and O–H groups in total. The zero-order valence-corrected chi connectivity index (χ0v) is 20.5. The van der Waals surface area contributed by atoms with Gasteiger partial charge in [-0.15, -0.1) is 0 Å².